The Kier molecular flexibility index (Phi) is 2.27. The fraction of sp³-hybridized carbons (Fsp3) is 0.500. The Morgan fingerprint density at radius 3 is 2.38 bits per heavy atom. The molecular weight excluding hydrogens is 172 g/mol. The fourth-order valence-corrected chi connectivity index (χ4v) is 0.996. The third-order valence-electron chi connectivity index (χ3n) is 1.88. The van der Waals surface area contributed by atoms with Crippen molar-refractivity contribution in [2.75, 3.05) is 0 Å². The van der Waals surface area contributed by atoms with Crippen molar-refractivity contribution in [3.63, 3.8) is 0 Å². The first kappa shape index (κ1) is 9.57. The van der Waals surface area contributed by atoms with Gasteiger partial charge in [0.1, 0.15) is 5.54 Å². The van der Waals surface area contributed by atoms with E-state index in [-0.39, 0.29) is 0 Å². The maximum absolute atomic E-state index is 11.1. The first-order valence-corrected chi connectivity index (χ1v) is 3.95. The van der Waals surface area contributed by atoms with Crippen molar-refractivity contribution in [3.8, 4) is 0 Å². The summed E-state index contributed by atoms with van der Waals surface area (Å²) in [6.07, 6.45) is 2.17. The summed E-state index contributed by atoms with van der Waals surface area (Å²) in [6, 6.07) is 0. The highest BCUT2D eigenvalue weighted by Crippen LogP contribution is 2.35. The standard InChI is InChI=1S/C8H12N2O3/c1-5(9)4-6(11)10-8(2-3-8)7(12)13/h4H,2-3,9H2,1H3,(H,10,11)(H,12,13)/b5-4-. The zero-order valence-electron chi connectivity index (χ0n) is 7.33. The third-order valence-corrected chi connectivity index (χ3v) is 1.88. The van der Waals surface area contributed by atoms with Crippen LogP contribution in [0.1, 0.15) is 19.8 Å². The topological polar surface area (TPSA) is 92.4 Å². The van der Waals surface area contributed by atoms with Crippen LogP contribution in [0.2, 0.25) is 0 Å². The lowest BCUT2D eigenvalue weighted by molar-refractivity contribution is -0.142. The Balaban J connectivity index is 2.55. The van der Waals surface area contributed by atoms with E-state index in [1.54, 1.807) is 6.92 Å². The second-order valence-electron chi connectivity index (χ2n) is 3.26. The molecule has 1 rings (SSSR count). The van der Waals surface area contributed by atoms with Crippen LogP contribution in [-0.2, 0) is 9.59 Å². The molecule has 1 fully saturated rings. The van der Waals surface area contributed by atoms with Crippen LogP contribution in [-0.4, -0.2) is 22.5 Å². The summed E-state index contributed by atoms with van der Waals surface area (Å²) in [7, 11) is 0. The van der Waals surface area contributed by atoms with Crippen molar-refractivity contribution in [3.05, 3.63) is 11.8 Å². The predicted molar refractivity (Wildman–Crippen MR) is 45.7 cm³/mol. The number of aliphatic carboxylic acids is 1. The fourth-order valence-electron chi connectivity index (χ4n) is 0.996. The second-order valence-corrected chi connectivity index (χ2v) is 3.26. The van der Waals surface area contributed by atoms with Gasteiger partial charge in [-0.2, -0.15) is 0 Å². The lowest BCUT2D eigenvalue weighted by Crippen LogP contribution is -2.42. The van der Waals surface area contributed by atoms with Gasteiger partial charge in [-0.25, -0.2) is 4.79 Å². The Morgan fingerprint density at radius 2 is 2.08 bits per heavy atom. The Hall–Kier alpha value is -1.52. The van der Waals surface area contributed by atoms with E-state index in [0.29, 0.717) is 18.5 Å². The van der Waals surface area contributed by atoms with Crippen molar-refractivity contribution in [1.82, 2.24) is 5.32 Å². The van der Waals surface area contributed by atoms with Gasteiger partial charge in [-0.1, -0.05) is 0 Å². The lowest BCUT2D eigenvalue weighted by Gasteiger charge is -2.09. The average molecular weight is 184 g/mol. The molecule has 13 heavy (non-hydrogen) atoms. The van der Waals surface area contributed by atoms with Crippen LogP contribution in [0.15, 0.2) is 11.8 Å². The van der Waals surface area contributed by atoms with E-state index in [0.717, 1.165) is 0 Å². The van der Waals surface area contributed by atoms with Crippen molar-refractivity contribution in [2.24, 2.45) is 5.73 Å². The molecule has 72 valence electrons. The maximum Gasteiger partial charge on any atom is 0.329 e. The van der Waals surface area contributed by atoms with Crippen LogP contribution in [0.25, 0.3) is 0 Å². The van der Waals surface area contributed by atoms with Crippen LogP contribution in [0.5, 0.6) is 0 Å². The summed E-state index contributed by atoms with van der Waals surface area (Å²) in [5.41, 5.74) is 4.60. The minimum atomic E-state index is -1.02. The molecule has 0 aromatic rings. The van der Waals surface area contributed by atoms with E-state index < -0.39 is 17.4 Å². The van der Waals surface area contributed by atoms with E-state index in [1.165, 1.54) is 6.08 Å². The molecular formula is C8H12N2O3. The summed E-state index contributed by atoms with van der Waals surface area (Å²) in [5, 5.41) is 11.1. The molecule has 0 heterocycles. The Labute approximate surface area is 75.6 Å². The normalized spacial score (nSPS) is 19.3. The molecule has 5 nitrogen and oxygen atoms in total. The summed E-state index contributed by atoms with van der Waals surface area (Å²) >= 11 is 0. The van der Waals surface area contributed by atoms with Crippen LogP contribution in [0.4, 0.5) is 0 Å². The number of carboxylic acid groups (broad SMARTS) is 1. The van der Waals surface area contributed by atoms with E-state index in [2.05, 4.69) is 5.32 Å². The molecule has 4 N–H and O–H groups in total. The molecule has 0 bridgehead atoms. The Morgan fingerprint density at radius 1 is 1.54 bits per heavy atom. The number of nitrogens with one attached hydrogen (secondary N) is 1. The smallest absolute Gasteiger partial charge is 0.329 e. The Bertz CT molecular complexity index is 275. The van der Waals surface area contributed by atoms with Gasteiger partial charge in [0.2, 0.25) is 5.91 Å². The molecule has 1 aliphatic rings. The highest BCUT2D eigenvalue weighted by molar-refractivity contribution is 5.94. The summed E-state index contributed by atoms with van der Waals surface area (Å²) in [4.78, 5) is 21.7. The number of rotatable bonds is 3. The van der Waals surface area contributed by atoms with Gasteiger partial charge < -0.3 is 16.2 Å². The quantitative estimate of drug-likeness (QED) is 0.519. The van der Waals surface area contributed by atoms with Crippen molar-refractivity contribution >= 4 is 11.9 Å². The van der Waals surface area contributed by atoms with Gasteiger partial charge in [0.15, 0.2) is 0 Å². The van der Waals surface area contributed by atoms with Gasteiger partial charge >= 0.3 is 5.97 Å². The molecule has 0 spiro atoms. The molecule has 0 atom stereocenters. The molecule has 1 amide bonds. The number of hydrogen-bond donors (Lipinski definition) is 3. The minimum Gasteiger partial charge on any atom is -0.480 e. The van der Waals surface area contributed by atoms with Crippen LogP contribution >= 0.6 is 0 Å². The van der Waals surface area contributed by atoms with Gasteiger partial charge in [0.25, 0.3) is 0 Å². The van der Waals surface area contributed by atoms with Crippen LogP contribution in [0.3, 0.4) is 0 Å². The summed E-state index contributed by atoms with van der Waals surface area (Å²) in [5.74, 6) is -1.43. The number of nitrogens with two attached hydrogens (primary N) is 1. The summed E-state index contributed by atoms with van der Waals surface area (Å²) in [6.45, 7) is 1.57. The third kappa shape index (κ3) is 2.21. The number of allylic oxidation sites excluding steroid dienone is 1. The SMILES string of the molecule is C/C(N)=C/C(=O)NC1(C(=O)O)CC1. The first-order valence-electron chi connectivity index (χ1n) is 3.95. The molecule has 0 radical (unpaired) electrons. The first-order chi connectivity index (χ1) is 5.96. The highest BCUT2D eigenvalue weighted by Gasteiger charge is 2.51. The zero-order chi connectivity index (χ0) is 10.1. The summed E-state index contributed by atoms with van der Waals surface area (Å²) < 4.78 is 0. The molecule has 1 aliphatic carbocycles. The highest BCUT2D eigenvalue weighted by atomic mass is 16.4. The van der Waals surface area contributed by atoms with E-state index in [1.807, 2.05) is 0 Å². The predicted octanol–water partition coefficient (Wildman–Crippen LogP) is -0.418. The number of carbonyl (C=O) groups is 2. The van der Waals surface area contributed by atoms with Gasteiger partial charge in [-0.15, -0.1) is 0 Å². The van der Waals surface area contributed by atoms with Crippen LogP contribution < -0.4 is 11.1 Å². The van der Waals surface area contributed by atoms with Crippen molar-refractivity contribution in [1.29, 1.82) is 0 Å². The van der Waals surface area contributed by atoms with Crippen LogP contribution in [0, 0.1) is 0 Å². The molecule has 0 aliphatic heterocycles. The van der Waals surface area contributed by atoms with Gasteiger partial charge in [0.05, 0.1) is 0 Å². The average Bonchev–Trinajstić information content (AvgIpc) is 2.66. The monoisotopic (exact) mass is 184 g/mol. The van der Waals surface area contributed by atoms with Crippen molar-refractivity contribution < 1.29 is 14.7 Å². The number of carbonyl (C=O) groups excluding carboxylic acids is 1. The molecule has 5 heteroatoms. The van der Waals surface area contributed by atoms with Gasteiger partial charge in [-0.05, 0) is 19.8 Å². The van der Waals surface area contributed by atoms with E-state index >= 15 is 0 Å². The second kappa shape index (κ2) is 3.08. The largest absolute Gasteiger partial charge is 0.480 e. The van der Waals surface area contributed by atoms with Crippen molar-refractivity contribution in [2.45, 2.75) is 25.3 Å². The molecule has 0 unspecified atom stereocenters. The molecule has 1 saturated carbocycles. The van der Waals surface area contributed by atoms with Gasteiger partial charge in [-0.3, -0.25) is 4.79 Å². The lowest BCUT2D eigenvalue weighted by atomic mass is 10.2. The minimum absolute atomic E-state index is 0.360. The van der Waals surface area contributed by atoms with E-state index in [4.69, 9.17) is 10.8 Å². The molecule has 0 saturated heterocycles. The molecule has 0 aromatic carbocycles. The zero-order valence-corrected chi connectivity index (χ0v) is 7.33. The number of amides is 1. The van der Waals surface area contributed by atoms with Gasteiger partial charge in [0, 0.05) is 11.8 Å². The van der Waals surface area contributed by atoms with E-state index in [9.17, 15) is 9.59 Å². The number of hydrogen-bond acceptors (Lipinski definition) is 3. The molecule has 0 aromatic heterocycles. The number of carboxylic acids is 1. The maximum atomic E-state index is 11.1.